The van der Waals surface area contributed by atoms with Crippen LogP contribution in [0.4, 0.5) is 0 Å². The molecule has 1 N–H and O–H groups in total. The maximum atomic E-state index is 8.80. The summed E-state index contributed by atoms with van der Waals surface area (Å²) in [6.07, 6.45) is 1.43. The van der Waals surface area contributed by atoms with Crippen LogP contribution in [0.1, 0.15) is 16.3 Å². The lowest BCUT2D eigenvalue weighted by atomic mass is 10.2. The summed E-state index contributed by atoms with van der Waals surface area (Å²) in [5.41, 5.74) is 2.13. The third-order valence-corrected chi connectivity index (χ3v) is 3.34. The zero-order chi connectivity index (χ0) is 11.4. The number of aliphatic hydroxyl groups excluding tert-OH is 1. The lowest BCUT2D eigenvalue weighted by Gasteiger charge is -1.98. The van der Waals surface area contributed by atoms with Gasteiger partial charge in [0.05, 0.1) is 10.7 Å². The highest BCUT2D eigenvalue weighted by Gasteiger charge is 2.03. The van der Waals surface area contributed by atoms with Gasteiger partial charge in [-0.15, -0.1) is 11.3 Å². The van der Waals surface area contributed by atoms with E-state index in [9.17, 15) is 0 Å². The molecule has 0 fully saturated rings. The second-order valence-corrected chi connectivity index (χ2v) is 4.89. The van der Waals surface area contributed by atoms with E-state index in [1.54, 1.807) is 11.3 Å². The molecule has 0 aliphatic heterocycles. The Morgan fingerprint density at radius 2 is 2.25 bits per heavy atom. The summed E-state index contributed by atoms with van der Waals surface area (Å²) in [7, 11) is 0. The number of thiazole rings is 1. The Balaban J connectivity index is 2.08. The van der Waals surface area contributed by atoms with E-state index in [1.807, 2.05) is 29.6 Å². The SMILES string of the molecule is OCCc1csc(Cc2cccc(Cl)c2)n1. The normalized spacial score (nSPS) is 10.6. The summed E-state index contributed by atoms with van der Waals surface area (Å²) >= 11 is 7.54. The van der Waals surface area contributed by atoms with E-state index in [-0.39, 0.29) is 6.61 Å². The molecule has 0 aliphatic rings. The van der Waals surface area contributed by atoms with Crippen molar-refractivity contribution in [2.24, 2.45) is 0 Å². The van der Waals surface area contributed by atoms with Crippen molar-refractivity contribution in [2.45, 2.75) is 12.8 Å². The Morgan fingerprint density at radius 1 is 1.38 bits per heavy atom. The molecule has 1 aromatic heterocycles. The van der Waals surface area contributed by atoms with Crippen LogP contribution >= 0.6 is 22.9 Å². The fourth-order valence-electron chi connectivity index (χ4n) is 1.48. The molecule has 0 bridgehead atoms. The lowest BCUT2D eigenvalue weighted by molar-refractivity contribution is 0.298. The summed E-state index contributed by atoms with van der Waals surface area (Å²) in [5, 5.41) is 12.6. The highest BCUT2D eigenvalue weighted by atomic mass is 35.5. The molecule has 0 amide bonds. The third kappa shape index (κ3) is 3.04. The molecule has 0 atom stereocenters. The molecular formula is C12H12ClNOS. The van der Waals surface area contributed by atoms with Crippen molar-refractivity contribution in [1.82, 2.24) is 4.98 Å². The van der Waals surface area contributed by atoms with E-state index in [0.717, 1.165) is 27.7 Å². The molecule has 0 aliphatic carbocycles. The summed E-state index contributed by atoms with van der Waals surface area (Å²) in [4.78, 5) is 4.44. The van der Waals surface area contributed by atoms with Gasteiger partial charge >= 0.3 is 0 Å². The predicted octanol–water partition coefficient (Wildman–Crippen LogP) is 2.92. The minimum Gasteiger partial charge on any atom is -0.396 e. The van der Waals surface area contributed by atoms with Crippen LogP contribution in [0.15, 0.2) is 29.6 Å². The number of hydrogen-bond donors (Lipinski definition) is 1. The van der Waals surface area contributed by atoms with Crippen LogP contribution in [-0.4, -0.2) is 16.7 Å². The molecular weight excluding hydrogens is 242 g/mol. The standard InChI is InChI=1S/C12H12ClNOS/c13-10-3-1-2-9(6-10)7-12-14-11(4-5-15)8-16-12/h1-3,6,8,15H,4-5,7H2. The molecule has 2 nitrogen and oxygen atoms in total. The van der Waals surface area contributed by atoms with Gasteiger partial charge in [0.1, 0.15) is 0 Å². The van der Waals surface area contributed by atoms with E-state index < -0.39 is 0 Å². The highest BCUT2D eigenvalue weighted by molar-refractivity contribution is 7.09. The molecule has 2 aromatic rings. The van der Waals surface area contributed by atoms with E-state index >= 15 is 0 Å². The minimum atomic E-state index is 0.153. The van der Waals surface area contributed by atoms with Crippen LogP contribution in [-0.2, 0) is 12.8 Å². The molecule has 84 valence electrons. The number of aromatic nitrogens is 1. The van der Waals surface area contributed by atoms with Gasteiger partial charge in [0, 0.05) is 29.9 Å². The average molecular weight is 254 g/mol. The Hall–Kier alpha value is -0.900. The van der Waals surface area contributed by atoms with Crippen molar-refractivity contribution in [3.8, 4) is 0 Å². The molecule has 1 heterocycles. The minimum absolute atomic E-state index is 0.153. The zero-order valence-electron chi connectivity index (χ0n) is 8.69. The topological polar surface area (TPSA) is 33.1 Å². The molecule has 0 unspecified atom stereocenters. The first-order valence-corrected chi connectivity index (χ1v) is 6.32. The van der Waals surface area contributed by atoms with Crippen molar-refractivity contribution >= 4 is 22.9 Å². The van der Waals surface area contributed by atoms with Gasteiger partial charge < -0.3 is 5.11 Å². The molecule has 4 heteroatoms. The number of nitrogens with zero attached hydrogens (tertiary/aromatic N) is 1. The Morgan fingerprint density at radius 3 is 3.00 bits per heavy atom. The number of aliphatic hydroxyl groups is 1. The molecule has 2 rings (SSSR count). The smallest absolute Gasteiger partial charge is 0.0972 e. The van der Waals surface area contributed by atoms with Gasteiger partial charge in [-0.05, 0) is 17.7 Å². The van der Waals surface area contributed by atoms with E-state index in [4.69, 9.17) is 16.7 Å². The quantitative estimate of drug-likeness (QED) is 0.909. The molecule has 0 spiro atoms. The maximum Gasteiger partial charge on any atom is 0.0972 e. The van der Waals surface area contributed by atoms with Gasteiger partial charge in [-0.1, -0.05) is 23.7 Å². The zero-order valence-corrected chi connectivity index (χ0v) is 10.3. The summed E-state index contributed by atoms with van der Waals surface area (Å²) < 4.78 is 0. The summed E-state index contributed by atoms with van der Waals surface area (Å²) in [6, 6.07) is 7.80. The highest BCUT2D eigenvalue weighted by Crippen LogP contribution is 2.17. The summed E-state index contributed by atoms with van der Waals surface area (Å²) in [5.74, 6) is 0. The number of benzene rings is 1. The van der Waals surface area contributed by atoms with Crippen molar-refractivity contribution in [3.63, 3.8) is 0 Å². The first-order chi connectivity index (χ1) is 7.78. The Labute approximate surface area is 104 Å². The molecule has 1 aromatic carbocycles. The van der Waals surface area contributed by atoms with Gasteiger partial charge in [-0.2, -0.15) is 0 Å². The lowest BCUT2D eigenvalue weighted by Crippen LogP contribution is -1.92. The molecule has 0 saturated carbocycles. The molecule has 16 heavy (non-hydrogen) atoms. The van der Waals surface area contributed by atoms with E-state index in [0.29, 0.717) is 6.42 Å². The first-order valence-electron chi connectivity index (χ1n) is 5.06. The number of halogens is 1. The fraction of sp³-hybridized carbons (Fsp3) is 0.250. The van der Waals surface area contributed by atoms with Gasteiger partial charge in [0.2, 0.25) is 0 Å². The van der Waals surface area contributed by atoms with Gasteiger partial charge in [-0.3, -0.25) is 0 Å². The monoisotopic (exact) mass is 253 g/mol. The number of hydrogen-bond acceptors (Lipinski definition) is 3. The van der Waals surface area contributed by atoms with E-state index in [2.05, 4.69) is 4.98 Å². The van der Waals surface area contributed by atoms with Crippen LogP contribution in [0.5, 0.6) is 0 Å². The van der Waals surface area contributed by atoms with Crippen LogP contribution in [0.3, 0.4) is 0 Å². The van der Waals surface area contributed by atoms with Crippen LogP contribution in [0.2, 0.25) is 5.02 Å². The molecule has 0 radical (unpaired) electrons. The van der Waals surface area contributed by atoms with Crippen molar-refractivity contribution in [3.05, 3.63) is 50.9 Å². The van der Waals surface area contributed by atoms with Gasteiger partial charge in [0.25, 0.3) is 0 Å². The van der Waals surface area contributed by atoms with E-state index in [1.165, 1.54) is 0 Å². The molecule has 0 saturated heterocycles. The Bertz CT molecular complexity index is 470. The van der Waals surface area contributed by atoms with Crippen LogP contribution < -0.4 is 0 Å². The first kappa shape index (κ1) is 11.6. The largest absolute Gasteiger partial charge is 0.396 e. The number of rotatable bonds is 4. The van der Waals surface area contributed by atoms with Gasteiger partial charge in [-0.25, -0.2) is 4.98 Å². The van der Waals surface area contributed by atoms with Crippen molar-refractivity contribution in [1.29, 1.82) is 0 Å². The summed E-state index contributed by atoms with van der Waals surface area (Å²) in [6.45, 7) is 0.153. The van der Waals surface area contributed by atoms with Crippen LogP contribution in [0, 0.1) is 0 Å². The second-order valence-electron chi connectivity index (χ2n) is 3.51. The van der Waals surface area contributed by atoms with Gasteiger partial charge in [0.15, 0.2) is 0 Å². The van der Waals surface area contributed by atoms with Crippen LogP contribution in [0.25, 0.3) is 0 Å². The predicted molar refractivity (Wildman–Crippen MR) is 67.2 cm³/mol. The fourth-order valence-corrected chi connectivity index (χ4v) is 2.56. The maximum absolute atomic E-state index is 8.80. The Kier molecular flexibility index (Phi) is 3.93. The third-order valence-electron chi connectivity index (χ3n) is 2.21. The van der Waals surface area contributed by atoms with Crippen molar-refractivity contribution < 1.29 is 5.11 Å². The van der Waals surface area contributed by atoms with Crippen molar-refractivity contribution in [2.75, 3.05) is 6.61 Å². The average Bonchev–Trinajstić information content (AvgIpc) is 2.66. The second kappa shape index (κ2) is 5.43.